The molecule has 0 radical (unpaired) electrons. The molecule has 0 aliphatic heterocycles. The van der Waals surface area contributed by atoms with Gasteiger partial charge in [0.05, 0.1) is 10.7 Å². The van der Waals surface area contributed by atoms with Crippen LogP contribution < -0.4 is 9.47 Å². The van der Waals surface area contributed by atoms with Crippen molar-refractivity contribution in [3.8, 4) is 17.4 Å². The lowest BCUT2D eigenvalue weighted by atomic mass is 10.1. The number of methoxy groups -OCH3 is 1. The van der Waals surface area contributed by atoms with E-state index in [1.165, 1.54) is 13.2 Å². The molecule has 1 aromatic carbocycles. The standard InChI is InChI=1S/C17H19ClN2O5/c1-10-11(2)19-20(3)17(10)25-15-8-14(24-9-23-4)12(7-13(15)18)5-6-16(21)22/h5-8H,9H2,1-4H3,(H,21,22)/b6-5+. The van der Waals surface area contributed by atoms with Gasteiger partial charge in [0.2, 0.25) is 5.88 Å². The Morgan fingerprint density at radius 3 is 2.64 bits per heavy atom. The Morgan fingerprint density at radius 2 is 2.08 bits per heavy atom. The van der Waals surface area contributed by atoms with E-state index in [1.807, 2.05) is 13.8 Å². The molecule has 25 heavy (non-hydrogen) atoms. The van der Waals surface area contributed by atoms with Crippen LogP contribution in [0.4, 0.5) is 0 Å². The Bertz CT molecular complexity index is 814. The summed E-state index contributed by atoms with van der Waals surface area (Å²) < 4.78 is 17.9. The van der Waals surface area contributed by atoms with Crippen LogP contribution in [0.15, 0.2) is 18.2 Å². The van der Waals surface area contributed by atoms with Crippen molar-refractivity contribution in [3.63, 3.8) is 0 Å². The van der Waals surface area contributed by atoms with Gasteiger partial charge in [-0.1, -0.05) is 11.6 Å². The lowest BCUT2D eigenvalue weighted by Crippen LogP contribution is -2.02. The number of rotatable bonds is 7. The highest BCUT2D eigenvalue weighted by Crippen LogP contribution is 2.37. The molecule has 0 spiro atoms. The molecule has 0 bridgehead atoms. The van der Waals surface area contributed by atoms with Gasteiger partial charge in [0.15, 0.2) is 12.5 Å². The number of benzene rings is 1. The molecule has 134 valence electrons. The largest absolute Gasteiger partial charge is 0.478 e. The minimum atomic E-state index is -1.07. The first-order valence-electron chi connectivity index (χ1n) is 7.37. The minimum absolute atomic E-state index is 0.00116. The zero-order chi connectivity index (χ0) is 18.6. The molecule has 0 atom stereocenters. The molecule has 0 unspecified atom stereocenters. The number of aromatic nitrogens is 2. The van der Waals surface area contributed by atoms with Crippen LogP contribution in [0, 0.1) is 13.8 Å². The number of aryl methyl sites for hydroxylation is 2. The molecule has 0 aliphatic rings. The van der Waals surface area contributed by atoms with Crippen molar-refractivity contribution in [1.29, 1.82) is 0 Å². The van der Waals surface area contributed by atoms with Crippen LogP contribution in [0.1, 0.15) is 16.8 Å². The van der Waals surface area contributed by atoms with Crippen molar-refractivity contribution < 1.29 is 24.1 Å². The van der Waals surface area contributed by atoms with Crippen molar-refractivity contribution in [1.82, 2.24) is 9.78 Å². The van der Waals surface area contributed by atoms with E-state index in [1.54, 1.807) is 23.9 Å². The number of hydrogen-bond acceptors (Lipinski definition) is 5. The third-order valence-electron chi connectivity index (χ3n) is 3.47. The molecule has 1 heterocycles. The molecule has 2 rings (SSSR count). The van der Waals surface area contributed by atoms with Crippen LogP contribution in [0.25, 0.3) is 6.08 Å². The number of carboxylic acids is 1. The van der Waals surface area contributed by atoms with Crippen LogP contribution in [-0.2, 0) is 16.6 Å². The molecule has 0 aliphatic carbocycles. The molecule has 0 amide bonds. The number of hydrogen-bond donors (Lipinski definition) is 1. The first-order valence-corrected chi connectivity index (χ1v) is 7.75. The van der Waals surface area contributed by atoms with Crippen LogP contribution in [-0.4, -0.2) is 34.8 Å². The Morgan fingerprint density at radius 1 is 1.36 bits per heavy atom. The molecule has 1 aromatic heterocycles. The summed E-state index contributed by atoms with van der Waals surface area (Å²) in [5.74, 6) is 0.239. The highest BCUT2D eigenvalue weighted by molar-refractivity contribution is 6.32. The van der Waals surface area contributed by atoms with E-state index in [0.29, 0.717) is 28.0 Å². The van der Waals surface area contributed by atoms with E-state index in [4.69, 9.17) is 30.9 Å². The number of carboxylic acid groups (broad SMARTS) is 1. The number of aliphatic carboxylic acids is 1. The van der Waals surface area contributed by atoms with Gasteiger partial charge in [-0.15, -0.1) is 0 Å². The molecule has 0 saturated heterocycles. The average Bonchev–Trinajstić information content (AvgIpc) is 2.79. The van der Waals surface area contributed by atoms with Crippen LogP contribution >= 0.6 is 11.6 Å². The van der Waals surface area contributed by atoms with Gasteiger partial charge in [0.25, 0.3) is 0 Å². The first-order chi connectivity index (χ1) is 11.8. The Balaban J connectivity index is 2.43. The SMILES string of the molecule is COCOc1cc(Oc2c(C)c(C)nn2C)c(Cl)cc1/C=C/C(=O)O. The Kier molecular flexibility index (Phi) is 6.06. The third kappa shape index (κ3) is 4.52. The summed E-state index contributed by atoms with van der Waals surface area (Å²) >= 11 is 6.29. The fourth-order valence-corrected chi connectivity index (χ4v) is 2.37. The lowest BCUT2D eigenvalue weighted by Gasteiger charge is -2.13. The number of carbonyl (C=O) groups is 1. The fraction of sp³-hybridized carbons (Fsp3) is 0.294. The fourth-order valence-electron chi connectivity index (χ4n) is 2.16. The van der Waals surface area contributed by atoms with Crippen molar-refractivity contribution in [2.24, 2.45) is 7.05 Å². The molecular formula is C17H19ClN2O5. The van der Waals surface area contributed by atoms with Crippen LogP contribution in [0.5, 0.6) is 17.4 Å². The van der Waals surface area contributed by atoms with Crippen LogP contribution in [0.2, 0.25) is 5.02 Å². The predicted octanol–water partition coefficient (Wildman–Crippen LogP) is 3.56. The summed E-state index contributed by atoms with van der Waals surface area (Å²) in [5, 5.41) is 13.4. The van der Waals surface area contributed by atoms with Crippen molar-refractivity contribution in [2.75, 3.05) is 13.9 Å². The summed E-state index contributed by atoms with van der Waals surface area (Å²) in [7, 11) is 3.26. The molecular weight excluding hydrogens is 348 g/mol. The van der Waals surface area contributed by atoms with E-state index in [2.05, 4.69) is 5.10 Å². The van der Waals surface area contributed by atoms with E-state index < -0.39 is 5.97 Å². The quantitative estimate of drug-likeness (QED) is 0.596. The highest BCUT2D eigenvalue weighted by Gasteiger charge is 2.16. The third-order valence-corrected chi connectivity index (χ3v) is 3.76. The summed E-state index contributed by atoms with van der Waals surface area (Å²) in [6.07, 6.45) is 2.39. The summed E-state index contributed by atoms with van der Waals surface area (Å²) in [6.45, 7) is 3.79. The molecule has 8 heteroatoms. The molecule has 0 fully saturated rings. The second kappa shape index (κ2) is 8.04. The van der Waals surface area contributed by atoms with Gasteiger partial charge < -0.3 is 19.3 Å². The van der Waals surface area contributed by atoms with Crippen molar-refractivity contribution in [2.45, 2.75) is 13.8 Å². The topological polar surface area (TPSA) is 82.8 Å². The number of halogens is 1. The zero-order valence-corrected chi connectivity index (χ0v) is 15.1. The number of ether oxygens (including phenoxy) is 3. The van der Waals surface area contributed by atoms with Crippen molar-refractivity contribution in [3.05, 3.63) is 40.1 Å². The summed E-state index contributed by atoms with van der Waals surface area (Å²) in [4.78, 5) is 10.7. The maximum atomic E-state index is 10.7. The van der Waals surface area contributed by atoms with E-state index in [-0.39, 0.29) is 6.79 Å². The lowest BCUT2D eigenvalue weighted by molar-refractivity contribution is -0.131. The second-order valence-corrected chi connectivity index (χ2v) is 5.69. The minimum Gasteiger partial charge on any atom is -0.478 e. The monoisotopic (exact) mass is 366 g/mol. The second-order valence-electron chi connectivity index (χ2n) is 5.28. The molecule has 0 saturated carbocycles. The zero-order valence-electron chi connectivity index (χ0n) is 14.4. The number of nitrogens with zero attached hydrogens (tertiary/aromatic N) is 2. The molecule has 2 aromatic rings. The Hall–Kier alpha value is -2.51. The summed E-state index contributed by atoms with van der Waals surface area (Å²) in [5.41, 5.74) is 2.24. The highest BCUT2D eigenvalue weighted by atomic mass is 35.5. The van der Waals surface area contributed by atoms with Gasteiger partial charge in [-0.25, -0.2) is 9.48 Å². The van der Waals surface area contributed by atoms with E-state index >= 15 is 0 Å². The smallest absolute Gasteiger partial charge is 0.328 e. The summed E-state index contributed by atoms with van der Waals surface area (Å²) in [6, 6.07) is 3.16. The first kappa shape index (κ1) is 18.8. The van der Waals surface area contributed by atoms with Gasteiger partial charge in [-0.2, -0.15) is 5.10 Å². The maximum Gasteiger partial charge on any atom is 0.328 e. The van der Waals surface area contributed by atoms with Crippen molar-refractivity contribution >= 4 is 23.6 Å². The van der Waals surface area contributed by atoms with Gasteiger partial charge >= 0.3 is 5.97 Å². The van der Waals surface area contributed by atoms with Gasteiger partial charge in [0.1, 0.15) is 5.75 Å². The Labute approximate surface area is 150 Å². The normalized spacial score (nSPS) is 11.1. The van der Waals surface area contributed by atoms with E-state index in [9.17, 15) is 4.79 Å². The van der Waals surface area contributed by atoms with E-state index in [0.717, 1.165) is 17.3 Å². The average molecular weight is 367 g/mol. The van der Waals surface area contributed by atoms with Gasteiger partial charge in [0, 0.05) is 37.4 Å². The van der Waals surface area contributed by atoms with Gasteiger partial charge in [-0.3, -0.25) is 0 Å². The molecule has 1 N–H and O–H groups in total. The predicted molar refractivity (Wildman–Crippen MR) is 93.4 cm³/mol. The van der Waals surface area contributed by atoms with Gasteiger partial charge in [-0.05, 0) is 26.0 Å². The molecule has 7 nitrogen and oxygen atoms in total. The maximum absolute atomic E-state index is 10.7. The van der Waals surface area contributed by atoms with Crippen LogP contribution in [0.3, 0.4) is 0 Å².